The number of aromatic nitrogens is 2. The Morgan fingerprint density at radius 2 is 1.52 bits per heavy atom. The van der Waals surface area contributed by atoms with Gasteiger partial charge in [-0.3, -0.25) is 15.2 Å². The van der Waals surface area contributed by atoms with Gasteiger partial charge in [-0.1, -0.05) is 28.1 Å². The summed E-state index contributed by atoms with van der Waals surface area (Å²) in [6.07, 6.45) is -13.2. The zero-order chi connectivity index (χ0) is 30.0. The Labute approximate surface area is 227 Å². The lowest BCUT2D eigenvalue weighted by Gasteiger charge is -2.21. The molecule has 16 heteroatoms. The first kappa shape index (κ1) is 30.8. The number of allylic oxidation sites excluding steroid dienone is 1. The molecular formula is C24H15BrF10N4O. The molecule has 2 aromatic carbocycles. The van der Waals surface area contributed by atoms with Crippen LogP contribution in [0.15, 0.2) is 65.4 Å². The smallest absolute Gasteiger partial charge is 0.267 e. The third kappa shape index (κ3) is 7.28. The summed E-state index contributed by atoms with van der Waals surface area (Å²) >= 11 is 2.59. The summed E-state index contributed by atoms with van der Waals surface area (Å²) in [6.45, 7) is 0. The number of alkyl halides is 9. The highest BCUT2D eigenvalue weighted by Crippen LogP contribution is 2.43. The number of rotatable bonds is 6. The molecule has 1 heterocycles. The Hall–Kier alpha value is -3.69. The summed E-state index contributed by atoms with van der Waals surface area (Å²) in [7, 11) is 1.22. The molecule has 0 radical (unpaired) electrons. The van der Waals surface area contributed by atoms with Gasteiger partial charge in [0.25, 0.3) is 5.91 Å². The summed E-state index contributed by atoms with van der Waals surface area (Å²) < 4.78 is 137. The van der Waals surface area contributed by atoms with E-state index in [2.05, 4.69) is 31.3 Å². The molecule has 3 rings (SSSR count). The van der Waals surface area contributed by atoms with E-state index in [1.807, 2.05) is 0 Å². The predicted octanol–water partition coefficient (Wildman–Crippen LogP) is 7.71. The molecular weight excluding hydrogens is 630 g/mol. The number of hydrogen-bond donors (Lipinski definition) is 1. The standard InChI is InChI=1S/C24H15BrF10N4O/c1-39(21-36-7-2-8-37-21)38-20(40)14-5-3-13(10-16(14)23(30,31)32)19(26)11-15(22(27,28)29)12-4-6-18(25)17(9-12)24(33,34)35/h2-11,15H,1H3,(H,38,40)/b19-11-. The molecule has 214 valence electrons. The molecule has 1 aromatic heterocycles. The number of hydrazine groups is 1. The monoisotopic (exact) mass is 644 g/mol. The van der Waals surface area contributed by atoms with Crippen molar-refractivity contribution in [2.24, 2.45) is 0 Å². The fourth-order valence-corrected chi connectivity index (χ4v) is 3.90. The molecule has 0 aliphatic carbocycles. The molecule has 0 aliphatic heterocycles. The molecule has 0 saturated carbocycles. The molecule has 0 fully saturated rings. The van der Waals surface area contributed by atoms with Gasteiger partial charge >= 0.3 is 18.5 Å². The maximum Gasteiger partial charge on any atom is 0.417 e. The highest BCUT2D eigenvalue weighted by Gasteiger charge is 2.42. The van der Waals surface area contributed by atoms with Crippen molar-refractivity contribution in [3.63, 3.8) is 0 Å². The van der Waals surface area contributed by atoms with E-state index < -0.39 is 68.5 Å². The van der Waals surface area contributed by atoms with E-state index in [1.54, 1.807) is 0 Å². The minimum atomic E-state index is -5.31. The van der Waals surface area contributed by atoms with Gasteiger partial charge in [0.2, 0.25) is 5.95 Å². The summed E-state index contributed by atoms with van der Waals surface area (Å²) in [5.41, 5.74) is -4.05. The number of carbonyl (C=O) groups excluding carboxylic acids is 1. The molecule has 1 atom stereocenters. The fourth-order valence-electron chi connectivity index (χ4n) is 3.43. The second kappa shape index (κ2) is 11.4. The number of anilines is 1. The third-order valence-electron chi connectivity index (χ3n) is 5.29. The van der Waals surface area contributed by atoms with E-state index in [0.29, 0.717) is 24.3 Å². The highest BCUT2D eigenvalue weighted by atomic mass is 79.9. The summed E-state index contributed by atoms with van der Waals surface area (Å²) in [5.74, 6) is -6.17. The number of benzene rings is 2. The summed E-state index contributed by atoms with van der Waals surface area (Å²) in [6, 6.07) is 4.26. The van der Waals surface area contributed by atoms with Crippen molar-refractivity contribution in [2.75, 3.05) is 12.1 Å². The third-order valence-corrected chi connectivity index (χ3v) is 5.98. The minimum Gasteiger partial charge on any atom is -0.267 e. The van der Waals surface area contributed by atoms with Crippen LogP contribution >= 0.6 is 15.9 Å². The Kier molecular flexibility index (Phi) is 8.81. The quantitative estimate of drug-likeness (QED) is 0.221. The number of hydrogen-bond acceptors (Lipinski definition) is 4. The number of nitrogens with one attached hydrogen (secondary N) is 1. The first-order chi connectivity index (χ1) is 18.4. The summed E-state index contributed by atoms with van der Waals surface area (Å²) in [5, 5.41) is 0.901. The van der Waals surface area contributed by atoms with Crippen molar-refractivity contribution in [1.29, 1.82) is 0 Å². The Bertz CT molecular complexity index is 1410. The van der Waals surface area contributed by atoms with Crippen molar-refractivity contribution in [3.05, 3.63) is 93.2 Å². The molecule has 0 bridgehead atoms. The van der Waals surface area contributed by atoms with Crippen LogP contribution in [0.4, 0.5) is 49.9 Å². The Balaban J connectivity index is 2.02. The van der Waals surface area contributed by atoms with Crippen LogP contribution in [0.5, 0.6) is 0 Å². The van der Waals surface area contributed by atoms with Crippen LogP contribution < -0.4 is 10.4 Å². The van der Waals surface area contributed by atoms with Crippen LogP contribution in [0, 0.1) is 0 Å². The molecule has 3 aromatic rings. The maximum absolute atomic E-state index is 15.0. The average Bonchev–Trinajstić information content (AvgIpc) is 2.85. The van der Waals surface area contributed by atoms with E-state index in [1.165, 1.54) is 25.5 Å². The molecule has 5 nitrogen and oxygen atoms in total. The van der Waals surface area contributed by atoms with Crippen LogP contribution in [-0.4, -0.2) is 29.1 Å². The van der Waals surface area contributed by atoms with E-state index in [9.17, 15) is 48.7 Å². The van der Waals surface area contributed by atoms with Crippen molar-refractivity contribution >= 4 is 33.6 Å². The molecule has 0 saturated heterocycles. The van der Waals surface area contributed by atoms with Crippen molar-refractivity contribution < 1.29 is 48.7 Å². The van der Waals surface area contributed by atoms with Gasteiger partial charge in [-0.2, -0.15) is 39.5 Å². The normalized spacial score (nSPS) is 13.7. The Morgan fingerprint density at radius 1 is 0.925 bits per heavy atom. The molecule has 1 unspecified atom stereocenters. The lowest BCUT2D eigenvalue weighted by molar-refractivity contribution is -0.142. The Morgan fingerprint density at radius 3 is 2.08 bits per heavy atom. The lowest BCUT2D eigenvalue weighted by Crippen LogP contribution is -2.41. The van der Waals surface area contributed by atoms with Crippen LogP contribution in [0.25, 0.3) is 5.83 Å². The number of amides is 1. The zero-order valence-corrected chi connectivity index (χ0v) is 21.3. The first-order valence-electron chi connectivity index (χ1n) is 10.7. The maximum atomic E-state index is 15.0. The number of halogens is 11. The van der Waals surface area contributed by atoms with Gasteiger partial charge in [0, 0.05) is 29.5 Å². The SMILES string of the molecule is CN(NC(=O)c1ccc(/C(F)=C/C(c2ccc(Br)c(C(F)(F)F)c2)C(F)(F)F)cc1C(F)(F)F)c1ncccn1. The molecule has 0 spiro atoms. The molecule has 40 heavy (non-hydrogen) atoms. The second-order valence-electron chi connectivity index (χ2n) is 8.08. The number of nitrogens with zero attached hydrogens (tertiary/aromatic N) is 3. The molecule has 1 amide bonds. The predicted molar refractivity (Wildman–Crippen MR) is 126 cm³/mol. The largest absolute Gasteiger partial charge is 0.417 e. The van der Waals surface area contributed by atoms with E-state index in [0.717, 1.165) is 5.01 Å². The van der Waals surface area contributed by atoms with Gasteiger partial charge < -0.3 is 0 Å². The minimum absolute atomic E-state index is 0.0881. The highest BCUT2D eigenvalue weighted by molar-refractivity contribution is 9.10. The molecule has 0 aliphatic rings. The van der Waals surface area contributed by atoms with E-state index >= 15 is 0 Å². The van der Waals surface area contributed by atoms with Crippen LogP contribution in [0.2, 0.25) is 0 Å². The van der Waals surface area contributed by atoms with Gasteiger partial charge in [0.1, 0.15) is 11.7 Å². The van der Waals surface area contributed by atoms with Crippen molar-refractivity contribution in [3.8, 4) is 0 Å². The van der Waals surface area contributed by atoms with Gasteiger partial charge in [0.05, 0.1) is 16.7 Å². The topological polar surface area (TPSA) is 58.1 Å². The van der Waals surface area contributed by atoms with Gasteiger partial charge in [0.15, 0.2) is 0 Å². The average molecular weight is 645 g/mol. The van der Waals surface area contributed by atoms with Gasteiger partial charge in [-0.15, -0.1) is 0 Å². The van der Waals surface area contributed by atoms with Gasteiger partial charge in [-0.05, 0) is 42.0 Å². The van der Waals surface area contributed by atoms with Crippen LogP contribution in [0.1, 0.15) is 38.5 Å². The van der Waals surface area contributed by atoms with Crippen LogP contribution in [-0.2, 0) is 12.4 Å². The lowest BCUT2D eigenvalue weighted by atomic mass is 9.94. The van der Waals surface area contributed by atoms with Crippen molar-refractivity contribution in [1.82, 2.24) is 15.4 Å². The second-order valence-corrected chi connectivity index (χ2v) is 8.93. The fraction of sp³-hybridized carbons (Fsp3) is 0.208. The van der Waals surface area contributed by atoms with E-state index in [4.69, 9.17) is 0 Å². The molecule has 1 N–H and O–H groups in total. The number of carbonyl (C=O) groups is 1. The van der Waals surface area contributed by atoms with Crippen molar-refractivity contribution in [2.45, 2.75) is 24.4 Å². The van der Waals surface area contributed by atoms with Crippen LogP contribution in [0.3, 0.4) is 0 Å². The summed E-state index contributed by atoms with van der Waals surface area (Å²) in [4.78, 5) is 20.1. The van der Waals surface area contributed by atoms with Gasteiger partial charge in [-0.25, -0.2) is 14.4 Å². The zero-order valence-electron chi connectivity index (χ0n) is 19.8. The van der Waals surface area contributed by atoms with E-state index in [-0.39, 0.29) is 24.2 Å². The first-order valence-corrected chi connectivity index (χ1v) is 11.5.